The summed E-state index contributed by atoms with van der Waals surface area (Å²) < 4.78 is 0. The fourth-order valence-corrected chi connectivity index (χ4v) is 5.53. The van der Waals surface area contributed by atoms with Crippen molar-refractivity contribution < 1.29 is 4.79 Å². The normalized spacial score (nSPS) is 18.4. The number of rotatable bonds is 9. The highest BCUT2D eigenvalue weighted by Gasteiger charge is 2.25. The van der Waals surface area contributed by atoms with Gasteiger partial charge in [0.05, 0.1) is 6.04 Å². The molecule has 4 rings (SSSR count). The maximum absolute atomic E-state index is 12.8. The third-order valence-electron chi connectivity index (χ3n) is 7.56. The Balaban J connectivity index is 1.55. The fourth-order valence-electron chi connectivity index (χ4n) is 5.53. The molecule has 2 fully saturated rings. The lowest BCUT2D eigenvalue weighted by atomic mass is 9.89. The molecule has 2 aromatic carbocycles. The Kier molecular flexibility index (Phi) is 9.00. The van der Waals surface area contributed by atoms with E-state index >= 15 is 0 Å². The standard InChI is InChI=1S/C29H42N4O/c1-3-32(4-2)29(34)25-15-13-24(14-16-25)28(33-19-17-30-18-20-33)26-11-8-12-27(21-26)31-22-23-9-6-5-7-10-23/h8,11-16,21,23,28,30-31H,3-7,9-10,17-20,22H2,1-2H3/t28-/m0/s1. The first-order valence-corrected chi connectivity index (χ1v) is 13.4. The van der Waals surface area contributed by atoms with E-state index in [1.54, 1.807) is 0 Å². The van der Waals surface area contributed by atoms with E-state index in [4.69, 9.17) is 0 Å². The molecule has 0 unspecified atom stereocenters. The maximum atomic E-state index is 12.8. The van der Waals surface area contributed by atoms with Crippen molar-refractivity contribution in [1.29, 1.82) is 0 Å². The Morgan fingerprint density at radius 3 is 2.38 bits per heavy atom. The minimum Gasteiger partial charge on any atom is -0.385 e. The lowest BCUT2D eigenvalue weighted by Crippen LogP contribution is -2.45. The largest absolute Gasteiger partial charge is 0.385 e. The van der Waals surface area contributed by atoms with Crippen LogP contribution in [0.25, 0.3) is 0 Å². The summed E-state index contributed by atoms with van der Waals surface area (Å²) in [4.78, 5) is 17.3. The summed E-state index contributed by atoms with van der Waals surface area (Å²) in [5.41, 5.74) is 4.56. The zero-order valence-corrected chi connectivity index (χ0v) is 21.1. The molecule has 1 saturated heterocycles. The first-order chi connectivity index (χ1) is 16.7. The predicted octanol–water partition coefficient (Wildman–Crippen LogP) is 5.16. The lowest BCUT2D eigenvalue weighted by Gasteiger charge is -2.36. The number of hydrogen-bond acceptors (Lipinski definition) is 4. The molecule has 1 atom stereocenters. The van der Waals surface area contributed by atoms with E-state index in [0.29, 0.717) is 0 Å². The van der Waals surface area contributed by atoms with Crippen LogP contribution in [0.15, 0.2) is 48.5 Å². The van der Waals surface area contributed by atoms with Crippen molar-refractivity contribution in [3.05, 3.63) is 65.2 Å². The van der Waals surface area contributed by atoms with Gasteiger partial charge in [0.15, 0.2) is 0 Å². The first kappa shape index (κ1) is 24.7. The molecule has 5 heteroatoms. The number of benzene rings is 2. The molecule has 2 aromatic rings. The second-order valence-electron chi connectivity index (χ2n) is 9.80. The van der Waals surface area contributed by atoms with Crippen molar-refractivity contribution in [2.24, 2.45) is 5.92 Å². The second kappa shape index (κ2) is 12.4. The third-order valence-corrected chi connectivity index (χ3v) is 7.56. The molecule has 184 valence electrons. The van der Waals surface area contributed by atoms with Crippen LogP contribution < -0.4 is 10.6 Å². The first-order valence-electron chi connectivity index (χ1n) is 13.4. The minimum absolute atomic E-state index is 0.115. The quantitative estimate of drug-likeness (QED) is 0.541. The molecule has 0 aromatic heterocycles. The van der Waals surface area contributed by atoms with E-state index in [0.717, 1.165) is 57.3 Å². The number of hydrogen-bond donors (Lipinski definition) is 2. The van der Waals surface area contributed by atoms with Gasteiger partial charge in [-0.05, 0) is 68.0 Å². The van der Waals surface area contributed by atoms with Gasteiger partial charge in [-0.15, -0.1) is 0 Å². The molecule has 0 spiro atoms. The summed E-state index contributed by atoms with van der Waals surface area (Å²) in [7, 11) is 0. The van der Waals surface area contributed by atoms with E-state index in [-0.39, 0.29) is 11.9 Å². The summed E-state index contributed by atoms with van der Waals surface area (Å²) >= 11 is 0. The summed E-state index contributed by atoms with van der Waals surface area (Å²) in [6.45, 7) is 10.7. The summed E-state index contributed by atoms with van der Waals surface area (Å²) in [6, 6.07) is 17.5. The smallest absolute Gasteiger partial charge is 0.253 e. The van der Waals surface area contributed by atoms with Gasteiger partial charge in [-0.3, -0.25) is 9.69 Å². The van der Waals surface area contributed by atoms with E-state index in [9.17, 15) is 4.79 Å². The highest BCUT2D eigenvalue weighted by Crippen LogP contribution is 2.31. The molecule has 0 bridgehead atoms. The summed E-state index contributed by atoms with van der Waals surface area (Å²) in [5, 5.41) is 7.22. The van der Waals surface area contributed by atoms with Crippen LogP contribution in [0.2, 0.25) is 0 Å². The Labute approximate surface area is 205 Å². The topological polar surface area (TPSA) is 47.6 Å². The van der Waals surface area contributed by atoms with Gasteiger partial charge in [-0.2, -0.15) is 0 Å². The van der Waals surface area contributed by atoms with E-state index in [1.165, 1.54) is 48.9 Å². The van der Waals surface area contributed by atoms with Crippen LogP contribution in [-0.4, -0.2) is 61.5 Å². The zero-order chi connectivity index (χ0) is 23.8. The number of piperazine rings is 1. The molecule has 1 saturated carbocycles. The number of nitrogens with zero attached hydrogens (tertiary/aromatic N) is 2. The van der Waals surface area contributed by atoms with Gasteiger partial charge < -0.3 is 15.5 Å². The van der Waals surface area contributed by atoms with Gasteiger partial charge in [-0.25, -0.2) is 0 Å². The van der Waals surface area contributed by atoms with Gasteiger partial charge in [-0.1, -0.05) is 43.5 Å². The average Bonchev–Trinajstić information content (AvgIpc) is 2.90. The van der Waals surface area contributed by atoms with Gasteiger partial charge in [0.25, 0.3) is 5.91 Å². The van der Waals surface area contributed by atoms with Crippen molar-refractivity contribution >= 4 is 11.6 Å². The van der Waals surface area contributed by atoms with Crippen LogP contribution in [0.5, 0.6) is 0 Å². The molecule has 0 radical (unpaired) electrons. The van der Waals surface area contributed by atoms with Crippen molar-refractivity contribution in [1.82, 2.24) is 15.1 Å². The molecule has 1 amide bonds. The van der Waals surface area contributed by atoms with Crippen LogP contribution >= 0.6 is 0 Å². The highest BCUT2D eigenvalue weighted by atomic mass is 16.2. The molecular weight excluding hydrogens is 420 g/mol. The summed E-state index contributed by atoms with van der Waals surface area (Å²) in [6.07, 6.45) is 6.87. The van der Waals surface area contributed by atoms with Gasteiger partial charge in [0, 0.05) is 57.1 Å². The number of nitrogens with one attached hydrogen (secondary N) is 2. The Bertz CT molecular complexity index is 897. The highest BCUT2D eigenvalue weighted by molar-refractivity contribution is 5.94. The minimum atomic E-state index is 0.115. The van der Waals surface area contributed by atoms with E-state index in [1.807, 2.05) is 30.9 Å². The molecule has 1 heterocycles. The second-order valence-corrected chi connectivity index (χ2v) is 9.80. The van der Waals surface area contributed by atoms with Crippen LogP contribution in [0, 0.1) is 5.92 Å². The molecule has 34 heavy (non-hydrogen) atoms. The SMILES string of the molecule is CCN(CC)C(=O)c1ccc([C@@H](c2cccc(NCC3CCCCC3)c2)N2CCNCC2)cc1. The van der Waals surface area contributed by atoms with Gasteiger partial charge in [0.2, 0.25) is 0 Å². The monoisotopic (exact) mass is 462 g/mol. The predicted molar refractivity (Wildman–Crippen MR) is 141 cm³/mol. The summed E-state index contributed by atoms with van der Waals surface area (Å²) in [5.74, 6) is 0.918. The Hall–Kier alpha value is -2.37. The van der Waals surface area contributed by atoms with Crippen molar-refractivity contribution in [3.8, 4) is 0 Å². The average molecular weight is 463 g/mol. The zero-order valence-electron chi connectivity index (χ0n) is 21.1. The van der Waals surface area contributed by atoms with Crippen molar-refractivity contribution in [2.45, 2.75) is 52.0 Å². The lowest BCUT2D eigenvalue weighted by molar-refractivity contribution is 0.0773. The molecule has 5 nitrogen and oxygen atoms in total. The van der Waals surface area contributed by atoms with Crippen molar-refractivity contribution in [2.75, 3.05) is 51.1 Å². The number of carbonyl (C=O) groups is 1. The number of anilines is 1. The van der Waals surface area contributed by atoms with Crippen molar-refractivity contribution in [3.63, 3.8) is 0 Å². The third kappa shape index (κ3) is 6.19. The van der Waals surface area contributed by atoms with Crippen LogP contribution in [0.4, 0.5) is 5.69 Å². The Morgan fingerprint density at radius 1 is 1.00 bits per heavy atom. The number of carbonyl (C=O) groups excluding carboxylic acids is 1. The van der Waals surface area contributed by atoms with Crippen LogP contribution in [-0.2, 0) is 0 Å². The van der Waals surface area contributed by atoms with Crippen LogP contribution in [0.1, 0.15) is 73.5 Å². The fraction of sp³-hybridized carbons (Fsp3) is 0.552. The molecule has 2 N–H and O–H groups in total. The maximum Gasteiger partial charge on any atom is 0.253 e. The molecule has 2 aliphatic rings. The molecular formula is C29H42N4O. The van der Waals surface area contributed by atoms with E-state index < -0.39 is 0 Å². The molecule has 1 aliphatic heterocycles. The van der Waals surface area contributed by atoms with Crippen LogP contribution in [0.3, 0.4) is 0 Å². The van der Waals surface area contributed by atoms with Gasteiger partial charge >= 0.3 is 0 Å². The Morgan fingerprint density at radius 2 is 1.71 bits per heavy atom. The molecule has 1 aliphatic carbocycles. The van der Waals surface area contributed by atoms with Gasteiger partial charge in [0.1, 0.15) is 0 Å². The number of amides is 1. The van der Waals surface area contributed by atoms with E-state index in [2.05, 4.69) is 51.9 Å².